The molecule has 0 spiro atoms. The Morgan fingerprint density at radius 3 is 2.90 bits per heavy atom. The van der Waals surface area contributed by atoms with Gasteiger partial charge in [0.25, 0.3) is 0 Å². The lowest BCUT2D eigenvalue weighted by molar-refractivity contribution is -0.132. The van der Waals surface area contributed by atoms with Crippen LogP contribution in [0.2, 0.25) is 0 Å². The van der Waals surface area contributed by atoms with E-state index in [1.165, 1.54) is 0 Å². The Kier molecular flexibility index (Phi) is 2.95. The highest BCUT2D eigenvalue weighted by Crippen LogP contribution is 2.40. The molecule has 21 heavy (non-hydrogen) atoms. The van der Waals surface area contributed by atoms with E-state index in [0.717, 1.165) is 0 Å². The smallest absolute Gasteiger partial charge is 0.324 e. The maximum Gasteiger partial charge on any atom is 0.324 e. The van der Waals surface area contributed by atoms with E-state index in [2.05, 4.69) is 15.6 Å². The molecule has 8 heteroatoms. The second kappa shape index (κ2) is 4.79. The summed E-state index contributed by atoms with van der Waals surface area (Å²) in [5.74, 6) is -2.02. The lowest BCUT2D eigenvalue weighted by atomic mass is 9.77. The largest absolute Gasteiger partial charge is 0.454 e. The van der Waals surface area contributed by atoms with Crippen LogP contribution in [-0.4, -0.2) is 23.2 Å². The molecule has 0 saturated carbocycles. The number of ether oxygens (including phenoxy) is 1. The minimum Gasteiger partial charge on any atom is -0.454 e. The van der Waals surface area contributed by atoms with Gasteiger partial charge in [-0.3, -0.25) is 15.1 Å². The van der Waals surface area contributed by atoms with Gasteiger partial charge in [0, 0.05) is 18.3 Å². The minimum atomic E-state index is -0.909. The summed E-state index contributed by atoms with van der Waals surface area (Å²) in [5.41, 5.74) is 6.55. The average molecular weight is 285 g/mol. The van der Waals surface area contributed by atoms with Crippen LogP contribution < -0.4 is 16.4 Å². The number of aromatic nitrogens is 1. The number of urea groups is 1. The molecule has 3 rings (SSSR count). The number of carbonyl (C=O) groups excluding carboxylic acids is 2. The summed E-state index contributed by atoms with van der Waals surface area (Å²) in [6.07, 6.45) is 2.23. The van der Waals surface area contributed by atoms with Crippen molar-refractivity contribution in [3.8, 4) is 6.07 Å². The molecule has 2 aliphatic heterocycles. The molecule has 1 saturated heterocycles. The SMILES string of the molecule is N#CC1=C(N)OC2NC(=O)NC(=O)C2C1c1cccnc1. The third-order valence-electron chi connectivity index (χ3n) is 3.49. The Bertz CT molecular complexity index is 679. The summed E-state index contributed by atoms with van der Waals surface area (Å²) in [7, 11) is 0. The highest BCUT2D eigenvalue weighted by Gasteiger charge is 2.48. The van der Waals surface area contributed by atoms with Gasteiger partial charge in [-0.25, -0.2) is 4.79 Å². The van der Waals surface area contributed by atoms with Gasteiger partial charge in [0.2, 0.25) is 11.8 Å². The number of rotatable bonds is 1. The fourth-order valence-corrected chi connectivity index (χ4v) is 2.61. The van der Waals surface area contributed by atoms with Gasteiger partial charge in [-0.1, -0.05) is 6.07 Å². The summed E-state index contributed by atoms with van der Waals surface area (Å²) < 4.78 is 5.31. The van der Waals surface area contributed by atoms with Crippen molar-refractivity contribution in [1.29, 1.82) is 5.26 Å². The van der Waals surface area contributed by atoms with Crippen LogP contribution in [0.25, 0.3) is 0 Å². The van der Waals surface area contributed by atoms with E-state index >= 15 is 0 Å². The first-order valence-corrected chi connectivity index (χ1v) is 6.19. The molecule has 3 atom stereocenters. The van der Waals surface area contributed by atoms with Crippen LogP contribution in [0.15, 0.2) is 36.0 Å². The predicted molar refractivity (Wildman–Crippen MR) is 68.8 cm³/mol. The van der Waals surface area contributed by atoms with Crippen LogP contribution in [0.4, 0.5) is 4.79 Å². The molecule has 3 amide bonds. The number of nitrogens with zero attached hydrogens (tertiary/aromatic N) is 2. The molecule has 0 bridgehead atoms. The van der Waals surface area contributed by atoms with Gasteiger partial charge in [-0.15, -0.1) is 0 Å². The summed E-state index contributed by atoms with van der Waals surface area (Å²) >= 11 is 0. The van der Waals surface area contributed by atoms with Crippen LogP contribution in [0.1, 0.15) is 11.5 Å². The maximum absolute atomic E-state index is 12.1. The number of allylic oxidation sites excluding steroid dienone is 1. The topological polar surface area (TPSA) is 130 Å². The van der Waals surface area contributed by atoms with Gasteiger partial charge in [0.05, 0.1) is 5.57 Å². The van der Waals surface area contributed by atoms with Crippen molar-refractivity contribution in [2.24, 2.45) is 11.7 Å². The molecule has 1 aromatic heterocycles. The number of fused-ring (bicyclic) bond motifs is 1. The number of hydrogen-bond acceptors (Lipinski definition) is 6. The van der Waals surface area contributed by atoms with Crippen molar-refractivity contribution in [1.82, 2.24) is 15.6 Å². The standard InChI is InChI=1S/C13H11N5O3/c14-4-7-8(6-2-1-3-16-5-6)9-11(19)17-13(20)18-12(9)21-10(7)15/h1-3,5,8-9,12H,15H2,(H2,17,18,19,20). The van der Waals surface area contributed by atoms with Crippen molar-refractivity contribution in [3.63, 3.8) is 0 Å². The zero-order valence-corrected chi connectivity index (χ0v) is 10.7. The number of carbonyl (C=O) groups is 2. The number of pyridine rings is 1. The molecule has 0 aliphatic carbocycles. The van der Waals surface area contributed by atoms with Gasteiger partial charge >= 0.3 is 6.03 Å². The van der Waals surface area contributed by atoms with Gasteiger partial charge < -0.3 is 15.8 Å². The second-order valence-electron chi connectivity index (χ2n) is 4.68. The van der Waals surface area contributed by atoms with Crippen LogP contribution >= 0.6 is 0 Å². The third-order valence-corrected chi connectivity index (χ3v) is 3.49. The Morgan fingerprint density at radius 1 is 1.43 bits per heavy atom. The monoisotopic (exact) mass is 285 g/mol. The summed E-state index contributed by atoms with van der Waals surface area (Å²) in [4.78, 5) is 27.5. The minimum absolute atomic E-state index is 0.0948. The fourth-order valence-electron chi connectivity index (χ4n) is 2.61. The number of nitrogens with two attached hydrogens (primary N) is 1. The number of nitrogens with one attached hydrogen (secondary N) is 2. The molecule has 3 unspecified atom stereocenters. The molecule has 4 N–H and O–H groups in total. The van der Waals surface area contributed by atoms with Crippen molar-refractivity contribution in [2.45, 2.75) is 12.1 Å². The first kappa shape index (κ1) is 12.9. The summed E-state index contributed by atoms with van der Waals surface area (Å²) in [5, 5.41) is 14.0. The number of amides is 3. The van der Waals surface area contributed by atoms with Crippen LogP contribution in [0, 0.1) is 17.2 Å². The van der Waals surface area contributed by atoms with Gasteiger partial charge in [-0.05, 0) is 11.6 Å². The van der Waals surface area contributed by atoms with E-state index in [1.807, 2.05) is 6.07 Å². The Morgan fingerprint density at radius 2 is 2.24 bits per heavy atom. The van der Waals surface area contributed by atoms with Gasteiger partial charge in [0.1, 0.15) is 12.0 Å². The first-order chi connectivity index (χ1) is 10.1. The normalized spacial score (nSPS) is 27.9. The molecule has 0 aromatic carbocycles. The van der Waals surface area contributed by atoms with E-state index in [4.69, 9.17) is 10.5 Å². The Balaban J connectivity index is 2.12. The molecule has 1 fully saturated rings. The van der Waals surface area contributed by atoms with E-state index in [0.29, 0.717) is 5.56 Å². The van der Waals surface area contributed by atoms with E-state index in [1.54, 1.807) is 24.5 Å². The quantitative estimate of drug-likeness (QED) is 0.647. The number of nitriles is 1. The maximum atomic E-state index is 12.1. The van der Waals surface area contributed by atoms with Crippen molar-refractivity contribution in [2.75, 3.05) is 0 Å². The molecular weight excluding hydrogens is 274 g/mol. The average Bonchev–Trinajstić information content (AvgIpc) is 2.46. The van der Waals surface area contributed by atoms with Gasteiger partial charge in [0.15, 0.2) is 6.23 Å². The molecule has 3 heterocycles. The second-order valence-corrected chi connectivity index (χ2v) is 4.68. The lowest BCUT2D eigenvalue weighted by Gasteiger charge is -2.39. The highest BCUT2D eigenvalue weighted by atomic mass is 16.5. The zero-order valence-electron chi connectivity index (χ0n) is 10.7. The molecule has 8 nitrogen and oxygen atoms in total. The van der Waals surface area contributed by atoms with Crippen molar-refractivity contribution in [3.05, 3.63) is 41.5 Å². The van der Waals surface area contributed by atoms with Crippen molar-refractivity contribution >= 4 is 11.9 Å². The molecule has 1 aromatic rings. The molecule has 2 aliphatic rings. The lowest BCUT2D eigenvalue weighted by Crippen LogP contribution is -2.62. The third kappa shape index (κ3) is 2.04. The number of hydrogen-bond donors (Lipinski definition) is 3. The highest BCUT2D eigenvalue weighted by molar-refractivity contribution is 5.99. The zero-order chi connectivity index (χ0) is 15.0. The Hall–Kier alpha value is -3.08. The first-order valence-electron chi connectivity index (χ1n) is 6.19. The number of imide groups is 1. The summed E-state index contributed by atoms with van der Waals surface area (Å²) in [6.45, 7) is 0. The predicted octanol–water partition coefficient (Wildman–Crippen LogP) is -0.329. The van der Waals surface area contributed by atoms with E-state index < -0.39 is 30.0 Å². The molecule has 0 radical (unpaired) electrons. The Labute approximate surface area is 119 Å². The van der Waals surface area contributed by atoms with Crippen LogP contribution in [0.3, 0.4) is 0 Å². The fraction of sp³-hybridized carbons (Fsp3) is 0.231. The van der Waals surface area contributed by atoms with E-state index in [-0.39, 0.29) is 11.5 Å². The van der Waals surface area contributed by atoms with Crippen LogP contribution in [0.5, 0.6) is 0 Å². The van der Waals surface area contributed by atoms with E-state index in [9.17, 15) is 14.9 Å². The molecular formula is C13H11N5O3. The van der Waals surface area contributed by atoms with Crippen molar-refractivity contribution < 1.29 is 14.3 Å². The summed E-state index contributed by atoms with van der Waals surface area (Å²) in [6, 6.07) is 4.77. The van der Waals surface area contributed by atoms with Gasteiger partial charge in [-0.2, -0.15) is 5.26 Å². The molecule has 106 valence electrons. The van der Waals surface area contributed by atoms with Crippen LogP contribution in [-0.2, 0) is 9.53 Å².